The lowest BCUT2D eigenvalue weighted by molar-refractivity contribution is 0.146. The summed E-state index contributed by atoms with van der Waals surface area (Å²) in [6, 6.07) is 16.5. The standard InChI is InChI=1S/C21H17NO4/c1-24-8-9-25-16-6-7-17-19(23)12-21(26-20(17)11-16)18-10-14-4-2-3-5-15(14)13-22-18/h2-7,10-13H,8-9H2,1H3. The quantitative estimate of drug-likeness (QED) is 0.510. The van der Waals surface area contributed by atoms with Crippen LogP contribution in [0.1, 0.15) is 0 Å². The monoisotopic (exact) mass is 347 g/mol. The molecular formula is C21H17NO4. The second-order valence-electron chi connectivity index (χ2n) is 5.89. The molecule has 0 atom stereocenters. The highest BCUT2D eigenvalue weighted by atomic mass is 16.5. The van der Waals surface area contributed by atoms with Crippen molar-refractivity contribution in [3.8, 4) is 17.2 Å². The molecule has 4 aromatic rings. The summed E-state index contributed by atoms with van der Waals surface area (Å²) in [5.74, 6) is 1.06. The molecule has 0 fully saturated rings. The van der Waals surface area contributed by atoms with Crippen LogP contribution in [0.3, 0.4) is 0 Å². The normalized spacial score (nSPS) is 11.1. The van der Waals surface area contributed by atoms with E-state index < -0.39 is 0 Å². The molecule has 0 spiro atoms. The van der Waals surface area contributed by atoms with E-state index in [0.29, 0.717) is 41.4 Å². The van der Waals surface area contributed by atoms with Crippen molar-refractivity contribution in [1.29, 1.82) is 0 Å². The van der Waals surface area contributed by atoms with Gasteiger partial charge in [-0.25, -0.2) is 0 Å². The summed E-state index contributed by atoms with van der Waals surface area (Å²) in [6.45, 7) is 0.918. The summed E-state index contributed by atoms with van der Waals surface area (Å²) in [5.41, 5.74) is 0.977. The summed E-state index contributed by atoms with van der Waals surface area (Å²) in [4.78, 5) is 16.9. The number of fused-ring (bicyclic) bond motifs is 2. The fraction of sp³-hybridized carbons (Fsp3) is 0.143. The van der Waals surface area contributed by atoms with Gasteiger partial charge in [-0.2, -0.15) is 0 Å². The average molecular weight is 347 g/mol. The lowest BCUT2D eigenvalue weighted by atomic mass is 10.1. The zero-order chi connectivity index (χ0) is 17.9. The van der Waals surface area contributed by atoms with Crippen LogP contribution in [-0.4, -0.2) is 25.3 Å². The van der Waals surface area contributed by atoms with E-state index in [1.807, 2.05) is 30.3 Å². The summed E-state index contributed by atoms with van der Waals surface area (Å²) >= 11 is 0. The van der Waals surface area contributed by atoms with E-state index in [-0.39, 0.29) is 5.43 Å². The third-order valence-corrected chi connectivity index (χ3v) is 4.14. The third-order valence-electron chi connectivity index (χ3n) is 4.14. The minimum absolute atomic E-state index is 0.111. The van der Waals surface area contributed by atoms with Crippen LogP contribution in [0.15, 0.2) is 70.0 Å². The highest BCUT2D eigenvalue weighted by Crippen LogP contribution is 2.25. The van der Waals surface area contributed by atoms with E-state index in [4.69, 9.17) is 13.9 Å². The molecular weight excluding hydrogens is 330 g/mol. The van der Waals surface area contributed by atoms with Crippen LogP contribution in [0.5, 0.6) is 5.75 Å². The number of ether oxygens (including phenoxy) is 2. The molecule has 0 radical (unpaired) electrons. The number of rotatable bonds is 5. The Morgan fingerprint density at radius 3 is 2.69 bits per heavy atom. The highest BCUT2D eigenvalue weighted by Gasteiger charge is 2.10. The van der Waals surface area contributed by atoms with Gasteiger partial charge in [-0.15, -0.1) is 0 Å². The first-order valence-electron chi connectivity index (χ1n) is 8.29. The Morgan fingerprint density at radius 2 is 1.85 bits per heavy atom. The molecule has 0 aliphatic heterocycles. The Kier molecular flexibility index (Phi) is 4.37. The molecule has 0 saturated heterocycles. The first-order valence-corrected chi connectivity index (χ1v) is 8.29. The fourth-order valence-corrected chi connectivity index (χ4v) is 2.81. The molecule has 0 aliphatic rings. The molecule has 0 unspecified atom stereocenters. The Labute approximate surface area is 149 Å². The van der Waals surface area contributed by atoms with Crippen molar-refractivity contribution in [3.63, 3.8) is 0 Å². The number of hydrogen-bond acceptors (Lipinski definition) is 5. The zero-order valence-corrected chi connectivity index (χ0v) is 14.3. The molecule has 0 N–H and O–H groups in total. The molecule has 0 aliphatic carbocycles. The molecule has 130 valence electrons. The Balaban J connectivity index is 1.77. The molecule has 0 bridgehead atoms. The van der Waals surface area contributed by atoms with Crippen LogP contribution in [-0.2, 0) is 4.74 Å². The molecule has 2 heterocycles. The summed E-state index contributed by atoms with van der Waals surface area (Å²) in [6.07, 6.45) is 1.78. The lowest BCUT2D eigenvalue weighted by Gasteiger charge is -2.07. The van der Waals surface area contributed by atoms with Gasteiger partial charge in [0.2, 0.25) is 0 Å². The molecule has 4 rings (SSSR count). The van der Waals surface area contributed by atoms with E-state index in [1.165, 1.54) is 6.07 Å². The van der Waals surface area contributed by atoms with Crippen molar-refractivity contribution >= 4 is 21.7 Å². The number of hydrogen-bond donors (Lipinski definition) is 0. The van der Waals surface area contributed by atoms with Crippen molar-refractivity contribution in [3.05, 3.63) is 71.0 Å². The van der Waals surface area contributed by atoms with Crippen molar-refractivity contribution in [2.75, 3.05) is 20.3 Å². The molecule has 2 aromatic carbocycles. The maximum absolute atomic E-state index is 12.5. The van der Waals surface area contributed by atoms with Crippen LogP contribution >= 0.6 is 0 Å². The van der Waals surface area contributed by atoms with Crippen LogP contribution in [0.4, 0.5) is 0 Å². The van der Waals surface area contributed by atoms with Crippen molar-refractivity contribution in [2.45, 2.75) is 0 Å². The van der Waals surface area contributed by atoms with Gasteiger partial charge >= 0.3 is 0 Å². The van der Waals surface area contributed by atoms with Gasteiger partial charge in [0.25, 0.3) is 0 Å². The smallest absolute Gasteiger partial charge is 0.193 e. The van der Waals surface area contributed by atoms with Gasteiger partial charge in [0.05, 0.1) is 12.0 Å². The van der Waals surface area contributed by atoms with E-state index in [0.717, 1.165) is 10.8 Å². The largest absolute Gasteiger partial charge is 0.491 e. The number of benzene rings is 2. The van der Waals surface area contributed by atoms with Gasteiger partial charge in [0, 0.05) is 30.8 Å². The minimum Gasteiger partial charge on any atom is -0.491 e. The van der Waals surface area contributed by atoms with Crippen LogP contribution in [0, 0.1) is 0 Å². The van der Waals surface area contributed by atoms with E-state index in [2.05, 4.69) is 4.98 Å². The molecule has 26 heavy (non-hydrogen) atoms. The second kappa shape index (κ2) is 6.98. The summed E-state index contributed by atoms with van der Waals surface area (Å²) in [7, 11) is 1.62. The maximum Gasteiger partial charge on any atom is 0.193 e. The number of aromatic nitrogens is 1. The van der Waals surface area contributed by atoms with Gasteiger partial charge in [-0.3, -0.25) is 9.78 Å². The first-order chi connectivity index (χ1) is 12.7. The summed E-state index contributed by atoms with van der Waals surface area (Å²) < 4.78 is 16.5. The van der Waals surface area contributed by atoms with Crippen molar-refractivity contribution in [1.82, 2.24) is 4.98 Å². The van der Waals surface area contributed by atoms with Gasteiger partial charge < -0.3 is 13.9 Å². The van der Waals surface area contributed by atoms with E-state index >= 15 is 0 Å². The number of pyridine rings is 1. The van der Waals surface area contributed by atoms with Crippen molar-refractivity contribution < 1.29 is 13.9 Å². The Morgan fingerprint density at radius 1 is 1.00 bits per heavy atom. The number of nitrogens with zero attached hydrogens (tertiary/aromatic N) is 1. The molecule has 5 heteroatoms. The highest BCUT2D eigenvalue weighted by molar-refractivity contribution is 5.85. The van der Waals surface area contributed by atoms with E-state index in [9.17, 15) is 4.79 Å². The summed E-state index contributed by atoms with van der Waals surface area (Å²) in [5, 5.41) is 2.58. The van der Waals surface area contributed by atoms with E-state index in [1.54, 1.807) is 31.5 Å². The second-order valence-corrected chi connectivity index (χ2v) is 5.89. The number of methoxy groups -OCH3 is 1. The predicted molar refractivity (Wildman–Crippen MR) is 101 cm³/mol. The topological polar surface area (TPSA) is 61.6 Å². The van der Waals surface area contributed by atoms with Gasteiger partial charge in [0.1, 0.15) is 23.6 Å². The fourth-order valence-electron chi connectivity index (χ4n) is 2.81. The predicted octanol–water partition coefficient (Wildman–Crippen LogP) is 4.03. The molecule has 0 amide bonds. The zero-order valence-electron chi connectivity index (χ0n) is 14.3. The van der Waals surface area contributed by atoms with Gasteiger partial charge in [0.15, 0.2) is 11.2 Å². The Bertz CT molecular complexity index is 1130. The van der Waals surface area contributed by atoms with Crippen LogP contribution in [0.25, 0.3) is 33.2 Å². The Hall–Kier alpha value is -3.18. The lowest BCUT2D eigenvalue weighted by Crippen LogP contribution is -2.05. The van der Waals surface area contributed by atoms with Crippen LogP contribution in [0.2, 0.25) is 0 Å². The molecule has 5 nitrogen and oxygen atoms in total. The SMILES string of the molecule is COCCOc1ccc2c(=O)cc(-c3cc4ccccc4cn3)oc2c1. The van der Waals surface area contributed by atoms with Crippen molar-refractivity contribution in [2.24, 2.45) is 0 Å². The average Bonchev–Trinajstić information content (AvgIpc) is 2.67. The van der Waals surface area contributed by atoms with Crippen LogP contribution < -0.4 is 10.2 Å². The van der Waals surface area contributed by atoms with Gasteiger partial charge in [-0.1, -0.05) is 24.3 Å². The minimum atomic E-state index is -0.111. The van der Waals surface area contributed by atoms with Gasteiger partial charge in [-0.05, 0) is 23.6 Å². The molecule has 0 saturated carbocycles. The molecule has 2 aromatic heterocycles. The maximum atomic E-state index is 12.5. The first kappa shape index (κ1) is 16.3. The third kappa shape index (κ3) is 3.17.